The van der Waals surface area contributed by atoms with Gasteiger partial charge in [0, 0.05) is 24.8 Å². The molecule has 12 heteroatoms. The minimum atomic E-state index is -4.69. The van der Waals surface area contributed by atoms with E-state index in [0.717, 1.165) is 19.0 Å². The van der Waals surface area contributed by atoms with Gasteiger partial charge in [-0.3, -0.25) is 19.9 Å². The second-order valence-electron chi connectivity index (χ2n) is 8.78. The molecular formula is C25H24F3N5O4. The van der Waals surface area contributed by atoms with Crippen LogP contribution in [0.5, 0.6) is 11.5 Å². The molecule has 3 aromatic rings. The summed E-state index contributed by atoms with van der Waals surface area (Å²) in [5, 5.41) is 2.68. The standard InChI is InChI=1S/C25H24F3N5O4/c1-2-20(34)32-10-4-3-5-16(14-32)33-21-17(6-7-18-22(21)37-12-11-36-18)30-24(33)31-23(35)15-8-9-29-19(13-15)25(26,27)28/h2,6-9,13,16H,1,3-5,10-12,14H2,(H,30,31,35)/t16-/m1/s1. The third-order valence-corrected chi connectivity index (χ3v) is 6.39. The minimum absolute atomic E-state index is 0.130. The molecule has 1 N–H and O–H groups in total. The Kier molecular flexibility index (Phi) is 6.48. The zero-order valence-electron chi connectivity index (χ0n) is 19.8. The van der Waals surface area contributed by atoms with Gasteiger partial charge in [-0.2, -0.15) is 13.2 Å². The summed E-state index contributed by atoms with van der Waals surface area (Å²) in [6, 6.07) is 5.04. The number of nitrogens with zero attached hydrogens (tertiary/aromatic N) is 4. The lowest BCUT2D eigenvalue weighted by Crippen LogP contribution is -2.34. The third-order valence-electron chi connectivity index (χ3n) is 6.39. The van der Waals surface area contributed by atoms with Crippen molar-refractivity contribution in [2.75, 3.05) is 31.6 Å². The predicted molar refractivity (Wildman–Crippen MR) is 128 cm³/mol. The van der Waals surface area contributed by atoms with E-state index in [1.807, 2.05) is 0 Å². The summed E-state index contributed by atoms with van der Waals surface area (Å²) in [6.07, 6.45) is -0.220. The molecule has 0 aliphatic carbocycles. The number of pyridine rings is 1. The summed E-state index contributed by atoms with van der Waals surface area (Å²) >= 11 is 0. The van der Waals surface area contributed by atoms with E-state index < -0.39 is 17.8 Å². The Hall–Kier alpha value is -4.09. The molecule has 194 valence electrons. The smallest absolute Gasteiger partial charge is 0.433 e. The number of anilines is 1. The first kappa shape index (κ1) is 24.6. The second-order valence-corrected chi connectivity index (χ2v) is 8.78. The number of halogens is 3. The first-order chi connectivity index (χ1) is 17.8. The number of rotatable bonds is 4. The van der Waals surface area contributed by atoms with Crippen molar-refractivity contribution in [3.63, 3.8) is 0 Å². The highest BCUT2D eigenvalue weighted by atomic mass is 19.4. The van der Waals surface area contributed by atoms with Gasteiger partial charge < -0.3 is 18.9 Å². The van der Waals surface area contributed by atoms with Crippen molar-refractivity contribution >= 4 is 28.8 Å². The highest BCUT2D eigenvalue weighted by molar-refractivity contribution is 6.04. The van der Waals surface area contributed by atoms with Crippen molar-refractivity contribution in [1.29, 1.82) is 0 Å². The molecule has 9 nitrogen and oxygen atoms in total. The second kappa shape index (κ2) is 9.75. The van der Waals surface area contributed by atoms with E-state index in [1.54, 1.807) is 21.6 Å². The van der Waals surface area contributed by atoms with Crippen LogP contribution in [0.2, 0.25) is 0 Å². The summed E-state index contributed by atoms with van der Waals surface area (Å²) in [7, 11) is 0. The van der Waals surface area contributed by atoms with Gasteiger partial charge in [-0.05, 0) is 49.6 Å². The summed E-state index contributed by atoms with van der Waals surface area (Å²) in [6.45, 7) is 5.18. The van der Waals surface area contributed by atoms with Gasteiger partial charge in [0.25, 0.3) is 5.91 Å². The van der Waals surface area contributed by atoms with Crippen molar-refractivity contribution < 1.29 is 32.2 Å². The van der Waals surface area contributed by atoms with E-state index in [1.165, 1.54) is 12.1 Å². The fraction of sp³-hybridized carbons (Fsp3) is 0.360. The van der Waals surface area contributed by atoms with E-state index in [2.05, 4.69) is 21.9 Å². The first-order valence-electron chi connectivity index (χ1n) is 11.8. The van der Waals surface area contributed by atoms with Gasteiger partial charge in [-0.25, -0.2) is 4.98 Å². The first-order valence-corrected chi connectivity index (χ1v) is 11.8. The lowest BCUT2D eigenvalue weighted by atomic mass is 10.1. The van der Waals surface area contributed by atoms with Crippen LogP contribution in [-0.2, 0) is 11.0 Å². The van der Waals surface area contributed by atoms with Gasteiger partial charge in [0.15, 0.2) is 11.5 Å². The zero-order chi connectivity index (χ0) is 26.2. The molecule has 5 rings (SSSR count). The number of aromatic nitrogens is 3. The Morgan fingerprint density at radius 3 is 2.76 bits per heavy atom. The Bertz CT molecular complexity index is 1370. The molecule has 0 unspecified atom stereocenters. The van der Waals surface area contributed by atoms with Crippen molar-refractivity contribution in [3.05, 3.63) is 54.4 Å². The topological polar surface area (TPSA) is 98.6 Å². The summed E-state index contributed by atoms with van der Waals surface area (Å²) in [5.74, 6) is 0.134. The SMILES string of the molecule is C=CC(=O)N1CCCC[C@@H](n2c(NC(=O)c3ccnc(C(F)(F)F)c3)nc3ccc4c(c32)OCCO4)C1. The van der Waals surface area contributed by atoms with Crippen LogP contribution in [0.25, 0.3) is 11.0 Å². The van der Waals surface area contributed by atoms with Crippen LogP contribution in [0.4, 0.5) is 19.1 Å². The average molecular weight is 515 g/mol. The summed E-state index contributed by atoms with van der Waals surface area (Å²) < 4.78 is 52.9. The van der Waals surface area contributed by atoms with Gasteiger partial charge in [0.1, 0.15) is 24.4 Å². The molecule has 2 aromatic heterocycles. The molecule has 0 bridgehead atoms. The molecule has 0 radical (unpaired) electrons. The number of carbonyl (C=O) groups is 2. The van der Waals surface area contributed by atoms with E-state index >= 15 is 0 Å². The highest BCUT2D eigenvalue weighted by Crippen LogP contribution is 2.41. The van der Waals surface area contributed by atoms with Crippen LogP contribution in [-0.4, -0.2) is 57.6 Å². The largest absolute Gasteiger partial charge is 0.486 e. The normalized spacial score (nSPS) is 17.8. The number of imidazole rings is 1. The van der Waals surface area contributed by atoms with Crippen LogP contribution in [0, 0.1) is 0 Å². The van der Waals surface area contributed by atoms with Crippen molar-refractivity contribution in [2.24, 2.45) is 0 Å². The monoisotopic (exact) mass is 515 g/mol. The number of nitrogens with one attached hydrogen (secondary N) is 1. The molecule has 1 aromatic carbocycles. The quantitative estimate of drug-likeness (QED) is 0.523. The van der Waals surface area contributed by atoms with Crippen LogP contribution in [0.1, 0.15) is 41.4 Å². The number of fused-ring (bicyclic) bond motifs is 3. The van der Waals surface area contributed by atoms with Gasteiger partial charge >= 0.3 is 6.18 Å². The maximum atomic E-state index is 13.2. The number of carbonyl (C=O) groups excluding carboxylic acids is 2. The molecule has 1 saturated heterocycles. The predicted octanol–water partition coefficient (Wildman–Crippen LogP) is 4.21. The minimum Gasteiger partial charge on any atom is -0.486 e. The lowest BCUT2D eigenvalue weighted by molar-refractivity contribution is -0.141. The number of alkyl halides is 3. The molecule has 37 heavy (non-hydrogen) atoms. The Labute approximate surface area is 209 Å². The maximum absolute atomic E-state index is 13.2. The molecule has 2 amide bonds. The number of likely N-dealkylation sites (tertiary alicyclic amines) is 1. The maximum Gasteiger partial charge on any atom is 0.433 e. The van der Waals surface area contributed by atoms with Crippen LogP contribution in [0.15, 0.2) is 43.1 Å². The number of ether oxygens (including phenoxy) is 2. The van der Waals surface area contributed by atoms with Crippen molar-refractivity contribution in [3.8, 4) is 11.5 Å². The molecule has 2 aliphatic heterocycles. The molecule has 2 aliphatic rings. The van der Waals surface area contributed by atoms with Gasteiger partial charge in [-0.15, -0.1) is 0 Å². The fourth-order valence-electron chi connectivity index (χ4n) is 4.69. The molecule has 1 fully saturated rings. The Morgan fingerprint density at radius 2 is 1.97 bits per heavy atom. The number of amides is 2. The lowest BCUT2D eigenvalue weighted by Gasteiger charge is -2.27. The summed E-state index contributed by atoms with van der Waals surface area (Å²) in [4.78, 5) is 35.1. The third kappa shape index (κ3) is 4.83. The van der Waals surface area contributed by atoms with Gasteiger partial charge in [0.05, 0.1) is 11.6 Å². The Morgan fingerprint density at radius 1 is 1.16 bits per heavy atom. The van der Waals surface area contributed by atoms with E-state index in [4.69, 9.17) is 9.47 Å². The van der Waals surface area contributed by atoms with Crippen LogP contribution >= 0.6 is 0 Å². The molecular weight excluding hydrogens is 491 g/mol. The molecule has 0 saturated carbocycles. The fourth-order valence-corrected chi connectivity index (χ4v) is 4.69. The average Bonchev–Trinajstić information content (AvgIpc) is 3.08. The zero-order valence-corrected chi connectivity index (χ0v) is 19.8. The van der Waals surface area contributed by atoms with E-state index in [0.29, 0.717) is 61.3 Å². The highest BCUT2D eigenvalue weighted by Gasteiger charge is 2.34. The van der Waals surface area contributed by atoms with Crippen LogP contribution < -0.4 is 14.8 Å². The summed E-state index contributed by atoms with van der Waals surface area (Å²) in [5.41, 5.74) is -0.297. The Balaban J connectivity index is 1.59. The van der Waals surface area contributed by atoms with E-state index in [-0.39, 0.29) is 23.5 Å². The number of hydrogen-bond donors (Lipinski definition) is 1. The molecule has 1 atom stereocenters. The van der Waals surface area contributed by atoms with E-state index in [9.17, 15) is 22.8 Å². The van der Waals surface area contributed by atoms with Gasteiger partial charge in [-0.1, -0.05) is 6.58 Å². The van der Waals surface area contributed by atoms with Crippen LogP contribution in [0.3, 0.4) is 0 Å². The van der Waals surface area contributed by atoms with Crippen molar-refractivity contribution in [2.45, 2.75) is 31.5 Å². The molecule has 0 spiro atoms. The van der Waals surface area contributed by atoms with Gasteiger partial charge in [0.2, 0.25) is 11.9 Å². The number of benzene rings is 1. The van der Waals surface area contributed by atoms with Crippen molar-refractivity contribution in [1.82, 2.24) is 19.4 Å². The number of hydrogen-bond acceptors (Lipinski definition) is 6. The molecule has 4 heterocycles.